The number of hydrogen-bond donors (Lipinski definition) is 0. The van der Waals surface area contributed by atoms with Crippen LogP contribution in [-0.2, 0) is 16.2 Å². The highest BCUT2D eigenvalue weighted by atomic mass is 32.1. The summed E-state index contributed by atoms with van der Waals surface area (Å²) in [5.74, 6) is 0. The van der Waals surface area contributed by atoms with E-state index in [1.807, 2.05) is 11.3 Å². The number of furan rings is 1. The quantitative estimate of drug-likeness (QED) is 0.164. The van der Waals surface area contributed by atoms with E-state index < -0.39 is 0 Å². The zero-order valence-corrected chi connectivity index (χ0v) is 43.3. The van der Waals surface area contributed by atoms with Gasteiger partial charge >= 0.3 is 6.85 Å². The lowest BCUT2D eigenvalue weighted by Gasteiger charge is -2.42. The van der Waals surface area contributed by atoms with Gasteiger partial charge in [-0.05, 0) is 140 Å². The first-order valence-corrected chi connectivity index (χ1v) is 27.0. The summed E-state index contributed by atoms with van der Waals surface area (Å²) >= 11 is 2.01. The number of hydrogen-bond acceptors (Lipinski definition) is 3. The van der Waals surface area contributed by atoms with E-state index in [2.05, 4.69) is 240 Å². The van der Waals surface area contributed by atoms with Crippen molar-refractivity contribution in [2.75, 3.05) is 4.90 Å². The third-order valence-electron chi connectivity index (χ3n) is 17.2. The smallest absolute Gasteiger partial charge is 0.343 e. The van der Waals surface area contributed by atoms with Crippen molar-refractivity contribution in [2.45, 2.75) is 77.6 Å². The lowest BCUT2D eigenvalue weighted by molar-refractivity contribution is 0.332. The summed E-state index contributed by atoms with van der Waals surface area (Å²) in [6.45, 7) is 16.7. The molecule has 0 spiro atoms. The van der Waals surface area contributed by atoms with Crippen molar-refractivity contribution in [2.24, 2.45) is 0 Å². The number of aromatic nitrogens is 1. The standard InChI is InChI=1S/C68H55BN2OS/c1-66(2,3)45-28-30-55(47(36-45)42-23-15-10-16-24-42)70-57-38-50-46-25-17-18-26-58(46)72-64(50)60-52-35-44(41-21-13-9-14-22-41)34-49-48-33-43(40-19-11-8-12-20-40)27-29-56(48)71(62(49)52)69(61(57)60)65-63(70)51-37-53-54(39-59(51)73-65)68(6,7)32-31-67(53,4)5/h8-30,33-39H,31-32H2,1-7H3. The van der Waals surface area contributed by atoms with Crippen molar-refractivity contribution in [3.05, 3.63) is 199 Å². The van der Waals surface area contributed by atoms with Gasteiger partial charge in [0, 0.05) is 69.8 Å². The Balaban J connectivity index is 1.15. The Hall–Kier alpha value is -7.60. The second-order valence-corrected chi connectivity index (χ2v) is 24.6. The Morgan fingerprint density at radius 3 is 1.88 bits per heavy atom. The van der Waals surface area contributed by atoms with Crippen LogP contribution >= 0.6 is 11.3 Å². The molecule has 0 amide bonds. The van der Waals surface area contributed by atoms with Gasteiger partial charge in [-0.25, -0.2) is 0 Å². The highest BCUT2D eigenvalue weighted by Crippen LogP contribution is 2.56. The molecule has 5 heteroatoms. The summed E-state index contributed by atoms with van der Waals surface area (Å²) in [6.07, 6.45) is 2.32. The molecule has 0 saturated carbocycles. The van der Waals surface area contributed by atoms with E-state index in [1.165, 1.54) is 127 Å². The number of anilines is 3. The van der Waals surface area contributed by atoms with Crippen LogP contribution in [0.25, 0.3) is 98.3 Å². The maximum absolute atomic E-state index is 7.29. The van der Waals surface area contributed by atoms with Crippen LogP contribution in [0.15, 0.2) is 186 Å². The largest absolute Gasteiger partial charge is 0.455 e. The van der Waals surface area contributed by atoms with Gasteiger partial charge < -0.3 is 13.8 Å². The van der Waals surface area contributed by atoms with Gasteiger partial charge in [-0.15, -0.1) is 11.3 Å². The van der Waals surface area contributed by atoms with E-state index in [1.54, 1.807) is 0 Å². The maximum Gasteiger partial charge on any atom is 0.343 e. The number of rotatable bonds is 4. The fourth-order valence-electron chi connectivity index (χ4n) is 13.2. The zero-order valence-electron chi connectivity index (χ0n) is 42.5. The second kappa shape index (κ2) is 15.0. The maximum atomic E-state index is 7.29. The van der Waals surface area contributed by atoms with E-state index in [0.717, 1.165) is 28.4 Å². The van der Waals surface area contributed by atoms with Crippen LogP contribution in [0.3, 0.4) is 0 Å². The van der Waals surface area contributed by atoms with Gasteiger partial charge in [-0.1, -0.05) is 170 Å². The Morgan fingerprint density at radius 2 is 1.16 bits per heavy atom. The summed E-state index contributed by atoms with van der Waals surface area (Å²) in [5, 5.41) is 6.12. The van der Waals surface area contributed by atoms with Crippen LogP contribution in [-0.4, -0.2) is 11.3 Å². The zero-order chi connectivity index (χ0) is 49.3. The third kappa shape index (κ3) is 6.12. The monoisotopic (exact) mass is 958 g/mol. The molecular formula is C68H55BN2OS. The fourth-order valence-corrected chi connectivity index (χ4v) is 14.5. The number of fused-ring (bicyclic) bond motifs is 14. The van der Waals surface area contributed by atoms with E-state index in [0.29, 0.717) is 0 Å². The normalized spacial score (nSPS) is 15.4. The highest BCUT2D eigenvalue weighted by molar-refractivity contribution is 7.32. The number of nitrogens with zero attached hydrogens (tertiary/aromatic N) is 2. The first-order valence-electron chi connectivity index (χ1n) is 26.1. The molecule has 0 radical (unpaired) electrons. The number of thiophene rings is 1. The van der Waals surface area contributed by atoms with E-state index in [9.17, 15) is 0 Å². The van der Waals surface area contributed by atoms with Gasteiger partial charge in [0.25, 0.3) is 0 Å². The van der Waals surface area contributed by atoms with Gasteiger partial charge in [-0.2, -0.15) is 0 Å². The van der Waals surface area contributed by atoms with Crippen LogP contribution in [0, 0.1) is 0 Å². The highest BCUT2D eigenvalue weighted by Gasteiger charge is 2.48. The Morgan fingerprint density at radius 1 is 0.521 bits per heavy atom. The van der Waals surface area contributed by atoms with Crippen molar-refractivity contribution in [3.63, 3.8) is 0 Å². The first kappa shape index (κ1) is 43.0. The third-order valence-corrected chi connectivity index (χ3v) is 18.4. The molecule has 0 unspecified atom stereocenters. The van der Waals surface area contributed by atoms with Crippen LogP contribution in [0.5, 0.6) is 0 Å². The van der Waals surface area contributed by atoms with Gasteiger partial charge in [0.1, 0.15) is 11.2 Å². The Bertz CT molecular complexity index is 4300. The molecule has 0 atom stereocenters. The van der Waals surface area contributed by atoms with Crippen molar-refractivity contribution < 1.29 is 4.42 Å². The van der Waals surface area contributed by atoms with Crippen molar-refractivity contribution in [1.82, 2.24) is 4.48 Å². The van der Waals surface area contributed by atoms with E-state index in [4.69, 9.17) is 4.42 Å². The summed E-state index contributed by atoms with van der Waals surface area (Å²) in [7, 11) is 0. The molecule has 73 heavy (non-hydrogen) atoms. The molecule has 9 aromatic carbocycles. The number of para-hydroxylation sites is 1. The molecule has 3 aliphatic rings. The topological polar surface area (TPSA) is 21.3 Å². The molecule has 2 aliphatic heterocycles. The lowest BCUT2D eigenvalue weighted by atomic mass is 9.48. The van der Waals surface area contributed by atoms with E-state index in [-0.39, 0.29) is 23.1 Å². The van der Waals surface area contributed by atoms with Crippen LogP contribution in [0.1, 0.15) is 78.0 Å². The Labute approximate surface area is 431 Å². The molecule has 0 fully saturated rings. The molecule has 15 rings (SSSR count). The molecule has 5 heterocycles. The first-order chi connectivity index (χ1) is 35.3. The molecule has 3 nitrogen and oxygen atoms in total. The average molecular weight is 959 g/mol. The average Bonchev–Trinajstić information content (AvgIpc) is 4.08. The van der Waals surface area contributed by atoms with Crippen LogP contribution in [0.2, 0.25) is 0 Å². The van der Waals surface area contributed by atoms with E-state index >= 15 is 0 Å². The Kier molecular flexibility index (Phi) is 8.84. The molecule has 12 aromatic rings. The minimum Gasteiger partial charge on any atom is -0.455 e. The van der Waals surface area contributed by atoms with Crippen molar-refractivity contribution in [3.8, 4) is 44.5 Å². The molecule has 0 N–H and O–H groups in total. The minimum atomic E-state index is -0.143. The molecular weight excluding hydrogens is 904 g/mol. The summed E-state index contributed by atoms with van der Waals surface area (Å²) in [5.41, 5.74) is 23.3. The van der Waals surface area contributed by atoms with Crippen LogP contribution in [0.4, 0.5) is 17.1 Å². The van der Waals surface area contributed by atoms with Gasteiger partial charge in [0.15, 0.2) is 0 Å². The second-order valence-electron chi connectivity index (χ2n) is 23.5. The SMILES string of the molecule is CC(C)(C)c1ccc(N2c3cc4c(oc5ccccc54)c4c3B(c3sc5cc6c(cc5c32)C(C)(C)CCC6(C)C)n2c3ccc(-c5ccccc5)cc3c3cc(-c5ccccc5)cc-4c32)c(-c2ccccc2)c1. The predicted octanol–water partition coefficient (Wildman–Crippen LogP) is 18.0. The summed E-state index contributed by atoms with van der Waals surface area (Å²) in [6, 6.07) is 68.8. The van der Waals surface area contributed by atoms with Gasteiger partial charge in [0.2, 0.25) is 0 Å². The summed E-state index contributed by atoms with van der Waals surface area (Å²) in [4.78, 5) is 2.70. The molecule has 3 aromatic heterocycles. The lowest BCUT2D eigenvalue weighted by Crippen LogP contribution is -2.55. The molecule has 1 aliphatic carbocycles. The van der Waals surface area contributed by atoms with Crippen molar-refractivity contribution >= 4 is 99.3 Å². The van der Waals surface area contributed by atoms with Gasteiger partial charge in [0.05, 0.1) is 11.4 Å². The predicted molar refractivity (Wildman–Crippen MR) is 313 cm³/mol. The molecule has 352 valence electrons. The molecule has 0 saturated heterocycles. The van der Waals surface area contributed by atoms with Gasteiger partial charge in [-0.3, -0.25) is 0 Å². The van der Waals surface area contributed by atoms with Crippen molar-refractivity contribution in [1.29, 1.82) is 0 Å². The van der Waals surface area contributed by atoms with Crippen LogP contribution < -0.4 is 15.1 Å². The number of benzene rings is 9. The minimum absolute atomic E-state index is 0.0311. The fraction of sp³-hybridized carbons (Fsp3) is 0.176. The summed E-state index contributed by atoms with van der Waals surface area (Å²) < 4.78 is 12.7. The molecule has 0 bridgehead atoms.